The predicted molar refractivity (Wildman–Crippen MR) is 75.0 cm³/mol. The number of halogens is 7. The second kappa shape index (κ2) is 7.02. The molecule has 0 aliphatic carbocycles. The van der Waals surface area contributed by atoms with Gasteiger partial charge in [-0.1, -0.05) is 0 Å². The number of rotatable bonds is 0. The third-order valence-electron chi connectivity index (χ3n) is 2.25. The highest BCUT2D eigenvalue weighted by Gasteiger charge is 2.33. The zero-order valence-electron chi connectivity index (χ0n) is 11.1. The number of nitrogens with two attached hydrogens (primary N) is 2. The molecular formula is C12H9BrF6N4. The van der Waals surface area contributed by atoms with E-state index < -0.39 is 23.7 Å². The molecule has 2 aromatic rings. The van der Waals surface area contributed by atoms with E-state index in [1.807, 2.05) is 0 Å². The van der Waals surface area contributed by atoms with E-state index in [-0.39, 0.29) is 11.4 Å². The summed E-state index contributed by atoms with van der Waals surface area (Å²) in [7, 11) is 0. The van der Waals surface area contributed by atoms with Gasteiger partial charge in [0.25, 0.3) is 0 Å². The maximum Gasteiger partial charge on any atom is 0.433 e. The summed E-state index contributed by atoms with van der Waals surface area (Å²) in [5, 5.41) is 0. The molecule has 2 heterocycles. The lowest BCUT2D eigenvalue weighted by molar-refractivity contribution is -0.141. The lowest BCUT2D eigenvalue weighted by atomic mass is 10.3. The third-order valence-corrected chi connectivity index (χ3v) is 2.91. The van der Waals surface area contributed by atoms with Crippen molar-refractivity contribution < 1.29 is 26.3 Å². The fourth-order valence-electron chi connectivity index (χ4n) is 1.21. The Balaban J connectivity index is 0.000000231. The highest BCUT2D eigenvalue weighted by atomic mass is 79.9. The van der Waals surface area contributed by atoms with Crippen LogP contribution >= 0.6 is 15.9 Å². The molecular weight excluding hydrogens is 394 g/mol. The maximum absolute atomic E-state index is 12.0. The summed E-state index contributed by atoms with van der Waals surface area (Å²) in [6.45, 7) is 0. The van der Waals surface area contributed by atoms with Gasteiger partial charge < -0.3 is 11.5 Å². The van der Waals surface area contributed by atoms with E-state index >= 15 is 0 Å². The monoisotopic (exact) mass is 402 g/mol. The van der Waals surface area contributed by atoms with E-state index in [2.05, 4.69) is 25.9 Å². The molecule has 0 radical (unpaired) electrons. The Morgan fingerprint density at radius 2 is 1.39 bits per heavy atom. The molecule has 0 saturated carbocycles. The Morgan fingerprint density at radius 3 is 1.78 bits per heavy atom. The standard InChI is InChI=1S/C6H4BrF3N2.C6H5F3N2/c7-3-2-12-5(1-4(3)11)6(8,9)10;7-6(8,9)5-3-4(10)1-2-11-5/h1-2H,(H2,11,12);1-3H,(H2,10,11). The Morgan fingerprint density at radius 1 is 0.870 bits per heavy atom. The average Bonchev–Trinajstić information content (AvgIpc) is 2.40. The van der Waals surface area contributed by atoms with Gasteiger partial charge >= 0.3 is 12.4 Å². The summed E-state index contributed by atoms with van der Waals surface area (Å²) < 4.78 is 71.8. The molecule has 23 heavy (non-hydrogen) atoms. The van der Waals surface area contributed by atoms with Crippen LogP contribution in [0.5, 0.6) is 0 Å². The van der Waals surface area contributed by atoms with Crippen LogP contribution in [-0.4, -0.2) is 9.97 Å². The normalized spacial score (nSPS) is 11.6. The van der Waals surface area contributed by atoms with Gasteiger partial charge in [0.2, 0.25) is 0 Å². The summed E-state index contributed by atoms with van der Waals surface area (Å²) in [6, 6.07) is 2.87. The number of nitrogen functional groups attached to an aromatic ring is 2. The van der Waals surface area contributed by atoms with Gasteiger partial charge in [0.15, 0.2) is 0 Å². The van der Waals surface area contributed by atoms with E-state index in [1.54, 1.807) is 0 Å². The van der Waals surface area contributed by atoms with Gasteiger partial charge in [-0.05, 0) is 34.1 Å². The van der Waals surface area contributed by atoms with Crippen LogP contribution in [-0.2, 0) is 12.4 Å². The molecule has 0 atom stereocenters. The quantitative estimate of drug-likeness (QED) is 0.649. The molecule has 4 nitrogen and oxygen atoms in total. The van der Waals surface area contributed by atoms with Crippen molar-refractivity contribution in [3.05, 3.63) is 46.5 Å². The summed E-state index contributed by atoms with van der Waals surface area (Å²) in [5.41, 5.74) is 8.49. The van der Waals surface area contributed by atoms with Crippen molar-refractivity contribution in [1.82, 2.24) is 9.97 Å². The van der Waals surface area contributed by atoms with Gasteiger partial charge in [0.05, 0.1) is 4.47 Å². The van der Waals surface area contributed by atoms with Gasteiger partial charge in [-0.25, -0.2) is 0 Å². The molecule has 0 aliphatic heterocycles. The minimum Gasteiger partial charge on any atom is -0.399 e. The van der Waals surface area contributed by atoms with E-state index in [0.717, 1.165) is 24.5 Å². The molecule has 126 valence electrons. The molecule has 11 heteroatoms. The van der Waals surface area contributed by atoms with Crippen LogP contribution in [0.1, 0.15) is 11.4 Å². The first kappa shape index (κ1) is 19.0. The van der Waals surface area contributed by atoms with Crippen LogP contribution in [0, 0.1) is 0 Å². The van der Waals surface area contributed by atoms with Crippen LogP contribution in [0.25, 0.3) is 0 Å². The maximum atomic E-state index is 12.0. The number of anilines is 2. The zero-order valence-corrected chi connectivity index (χ0v) is 12.7. The van der Waals surface area contributed by atoms with Crippen molar-refractivity contribution in [2.45, 2.75) is 12.4 Å². The molecule has 2 aromatic heterocycles. The van der Waals surface area contributed by atoms with Crippen molar-refractivity contribution in [2.24, 2.45) is 0 Å². The molecule has 0 bridgehead atoms. The Labute approximate surface area is 134 Å². The van der Waals surface area contributed by atoms with Gasteiger partial charge in [0, 0.05) is 23.8 Å². The molecule has 4 N–H and O–H groups in total. The van der Waals surface area contributed by atoms with Crippen LogP contribution in [0.3, 0.4) is 0 Å². The van der Waals surface area contributed by atoms with E-state index in [9.17, 15) is 26.3 Å². The number of pyridine rings is 2. The average molecular weight is 403 g/mol. The number of hydrogen-bond acceptors (Lipinski definition) is 4. The van der Waals surface area contributed by atoms with Gasteiger partial charge in [-0.3, -0.25) is 9.97 Å². The van der Waals surface area contributed by atoms with Crippen molar-refractivity contribution >= 4 is 27.3 Å². The highest BCUT2D eigenvalue weighted by Crippen LogP contribution is 2.30. The molecule has 0 aliphatic rings. The van der Waals surface area contributed by atoms with Gasteiger partial charge in [-0.15, -0.1) is 0 Å². The number of nitrogens with zero attached hydrogens (tertiary/aromatic N) is 2. The van der Waals surface area contributed by atoms with E-state index in [1.165, 1.54) is 6.07 Å². The summed E-state index contributed by atoms with van der Waals surface area (Å²) in [4.78, 5) is 6.26. The van der Waals surface area contributed by atoms with Gasteiger partial charge in [0.1, 0.15) is 11.4 Å². The SMILES string of the molecule is Nc1cc(C(F)(F)F)ncc1Br.Nc1ccnc(C(F)(F)F)c1. The molecule has 0 unspecified atom stereocenters. The van der Waals surface area contributed by atoms with Crippen LogP contribution < -0.4 is 11.5 Å². The second-order valence-electron chi connectivity index (χ2n) is 4.06. The molecule has 0 aromatic carbocycles. The Hall–Kier alpha value is -2.04. The van der Waals surface area contributed by atoms with Crippen LogP contribution in [0.15, 0.2) is 35.1 Å². The summed E-state index contributed by atoms with van der Waals surface area (Å²) in [5.74, 6) is 0. The number of aromatic nitrogens is 2. The lowest BCUT2D eigenvalue weighted by Crippen LogP contribution is -2.08. The fourth-order valence-corrected chi connectivity index (χ4v) is 1.43. The van der Waals surface area contributed by atoms with E-state index in [0.29, 0.717) is 4.47 Å². The number of alkyl halides is 6. The van der Waals surface area contributed by atoms with Crippen LogP contribution in [0.4, 0.5) is 37.7 Å². The Kier molecular flexibility index (Phi) is 5.81. The van der Waals surface area contributed by atoms with Crippen molar-refractivity contribution in [3.63, 3.8) is 0 Å². The minimum absolute atomic E-state index is 0.0253. The topological polar surface area (TPSA) is 77.8 Å². The largest absolute Gasteiger partial charge is 0.433 e. The first-order valence-corrected chi connectivity index (χ1v) is 6.47. The van der Waals surface area contributed by atoms with Crippen LogP contribution in [0.2, 0.25) is 0 Å². The molecule has 0 saturated heterocycles. The third kappa shape index (κ3) is 5.93. The Bertz CT molecular complexity index is 671. The van der Waals surface area contributed by atoms with Crippen molar-refractivity contribution in [1.29, 1.82) is 0 Å². The summed E-state index contributed by atoms with van der Waals surface area (Å²) in [6.07, 6.45) is -6.79. The van der Waals surface area contributed by atoms with Crippen molar-refractivity contribution in [2.75, 3.05) is 11.5 Å². The zero-order chi connectivity index (χ0) is 17.8. The second-order valence-corrected chi connectivity index (χ2v) is 4.92. The molecule has 0 amide bonds. The fraction of sp³-hybridized carbons (Fsp3) is 0.167. The van der Waals surface area contributed by atoms with E-state index in [4.69, 9.17) is 11.5 Å². The molecule has 0 spiro atoms. The lowest BCUT2D eigenvalue weighted by Gasteiger charge is -2.06. The molecule has 0 fully saturated rings. The first-order valence-electron chi connectivity index (χ1n) is 5.68. The highest BCUT2D eigenvalue weighted by molar-refractivity contribution is 9.10. The van der Waals surface area contributed by atoms with Crippen molar-refractivity contribution in [3.8, 4) is 0 Å². The number of hydrogen-bond donors (Lipinski definition) is 2. The molecule has 2 rings (SSSR count). The first-order chi connectivity index (χ1) is 10.4. The summed E-state index contributed by atoms with van der Waals surface area (Å²) >= 11 is 2.94. The minimum atomic E-state index is -4.44. The van der Waals surface area contributed by atoms with Gasteiger partial charge in [-0.2, -0.15) is 26.3 Å². The smallest absolute Gasteiger partial charge is 0.399 e. The predicted octanol–water partition coefficient (Wildman–Crippen LogP) is 4.13.